The number of aromatic nitrogens is 3. The fourth-order valence-corrected chi connectivity index (χ4v) is 4.30. The topological polar surface area (TPSA) is 55.9 Å². The molecule has 0 spiro atoms. The highest BCUT2D eigenvalue weighted by atomic mass is 35.5. The molecule has 1 N–H and O–H groups in total. The van der Waals surface area contributed by atoms with E-state index in [2.05, 4.69) is 27.1 Å². The van der Waals surface area contributed by atoms with Crippen LogP contribution < -0.4 is 5.32 Å². The predicted molar refractivity (Wildman–Crippen MR) is 108 cm³/mol. The van der Waals surface area contributed by atoms with Gasteiger partial charge in [0.25, 0.3) is 0 Å². The van der Waals surface area contributed by atoms with Gasteiger partial charge in [-0.05, 0) is 43.5 Å². The maximum atomic E-state index is 14.3. The smallest absolute Gasteiger partial charge is 0.319 e. The largest absolute Gasteiger partial charge is 0.467 e. The quantitative estimate of drug-likeness (QED) is 0.401. The molecule has 0 aliphatic heterocycles. The zero-order chi connectivity index (χ0) is 20.4. The number of hydrogen-bond donors (Lipinski definition) is 1. The van der Waals surface area contributed by atoms with E-state index in [9.17, 15) is 8.78 Å². The molecular weight excluding hydrogens is 398 g/mol. The Morgan fingerprint density at radius 1 is 1.31 bits per heavy atom. The van der Waals surface area contributed by atoms with Crippen molar-refractivity contribution in [3.63, 3.8) is 0 Å². The first-order chi connectivity index (χ1) is 14.1. The average molecular weight is 419 g/mol. The van der Waals surface area contributed by atoms with E-state index in [1.807, 2.05) is 0 Å². The lowest BCUT2D eigenvalue weighted by Gasteiger charge is -2.24. The summed E-state index contributed by atoms with van der Waals surface area (Å²) in [6, 6.07) is 3.55. The van der Waals surface area contributed by atoms with Gasteiger partial charge in [-0.2, -0.15) is 13.8 Å². The fourth-order valence-electron chi connectivity index (χ4n) is 4.13. The lowest BCUT2D eigenvalue weighted by molar-refractivity contribution is 0.0704. The molecule has 0 atom stereocenters. The summed E-state index contributed by atoms with van der Waals surface area (Å²) in [7, 11) is 0. The summed E-state index contributed by atoms with van der Waals surface area (Å²) in [4.78, 5) is 8.50. The number of nitrogens with zero attached hydrogens (tertiary/aromatic N) is 3. The van der Waals surface area contributed by atoms with Crippen molar-refractivity contribution in [2.45, 2.75) is 58.0 Å². The first-order valence-corrected chi connectivity index (χ1v) is 10.1. The first-order valence-electron chi connectivity index (χ1n) is 9.68. The maximum Gasteiger partial charge on any atom is 0.319 e. The highest BCUT2D eigenvalue weighted by Crippen LogP contribution is 2.42. The van der Waals surface area contributed by atoms with Crippen LogP contribution in [-0.2, 0) is 6.54 Å². The van der Waals surface area contributed by atoms with E-state index < -0.39 is 6.55 Å². The summed E-state index contributed by atoms with van der Waals surface area (Å²) < 4.78 is 35.0. The Morgan fingerprint density at radius 2 is 2.10 bits per heavy atom. The molecule has 1 aliphatic carbocycles. The molecule has 5 nitrogen and oxygen atoms in total. The Labute approximate surface area is 172 Å². The molecule has 1 fully saturated rings. The van der Waals surface area contributed by atoms with Crippen molar-refractivity contribution in [1.82, 2.24) is 14.5 Å². The van der Waals surface area contributed by atoms with Crippen LogP contribution in [0.2, 0.25) is 5.28 Å². The molecule has 0 bridgehead atoms. The Hall–Kier alpha value is -2.59. The Morgan fingerprint density at radius 3 is 2.76 bits per heavy atom. The van der Waals surface area contributed by atoms with Crippen LogP contribution in [0.3, 0.4) is 0 Å². The van der Waals surface area contributed by atoms with E-state index in [-0.39, 0.29) is 29.1 Å². The highest BCUT2D eigenvalue weighted by molar-refractivity contribution is 6.28. The minimum Gasteiger partial charge on any atom is -0.467 e. The number of anilines is 1. The molecule has 0 radical (unpaired) electrons. The SMILES string of the molecule is CC#Cc1c(C2CCCCC2)n(C(F)F)c2c(NCc3ccco3)nc(Cl)nc12. The molecule has 29 heavy (non-hydrogen) atoms. The molecule has 1 aliphatic rings. The van der Waals surface area contributed by atoms with Gasteiger partial charge in [-0.25, -0.2) is 4.98 Å². The third kappa shape index (κ3) is 3.82. The lowest BCUT2D eigenvalue weighted by atomic mass is 9.85. The van der Waals surface area contributed by atoms with Gasteiger partial charge < -0.3 is 9.73 Å². The molecule has 152 valence electrons. The second-order valence-corrected chi connectivity index (χ2v) is 7.43. The van der Waals surface area contributed by atoms with Gasteiger partial charge in [0, 0.05) is 11.6 Å². The minimum atomic E-state index is -2.74. The van der Waals surface area contributed by atoms with E-state index in [4.69, 9.17) is 16.0 Å². The molecule has 1 saturated carbocycles. The van der Waals surface area contributed by atoms with Gasteiger partial charge >= 0.3 is 6.55 Å². The molecule has 3 aromatic rings. The molecule has 4 rings (SSSR count). The number of nitrogens with one attached hydrogen (secondary N) is 1. The summed E-state index contributed by atoms with van der Waals surface area (Å²) in [5.41, 5.74) is 1.66. The summed E-state index contributed by atoms with van der Waals surface area (Å²) in [5, 5.41) is 3.07. The standard InChI is InChI=1S/C21H21ClF2N4O/c1-2-7-15-16-18(28(21(23)24)17(15)13-8-4-3-5-9-13)19(27-20(22)26-16)25-12-14-10-6-11-29-14/h6,10-11,13,21H,3-5,8-9,12H2,1H3,(H,25,26,27). The van der Waals surface area contributed by atoms with Crippen molar-refractivity contribution in [1.29, 1.82) is 0 Å². The number of halogens is 3. The van der Waals surface area contributed by atoms with Gasteiger partial charge in [0.15, 0.2) is 5.82 Å². The summed E-state index contributed by atoms with van der Waals surface area (Å²) in [6.45, 7) is -0.761. The van der Waals surface area contributed by atoms with Crippen molar-refractivity contribution < 1.29 is 13.2 Å². The molecule has 3 aromatic heterocycles. The zero-order valence-corrected chi connectivity index (χ0v) is 16.8. The van der Waals surface area contributed by atoms with E-state index in [0.717, 1.165) is 36.7 Å². The molecule has 0 unspecified atom stereocenters. The minimum absolute atomic E-state index is 0.0134. The van der Waals surface area contributed by atoms with Crippen LogP contribution in [0.15, 0.2) is 22.8 Å². The van der Waals surface area contributed by atoms with E-state index in [1.54, 1.807) is 25.3 Å². The second-order valence-electron chi connectivity index (χ2n) is 7.09. The number of hydrogen-bond acceptors (Lipinski definition) is 4. The third-order valence-corrected chi connectivity index (χ3v) is 5.47. The van der Waals surface area contributed by atoms with Gasteiger partial charge in [0.2, 0.25) is 5.28 Å². The van der Waals surface area contributed by atoms with E-state index in [1.165, 1.54) is 0 Å². The van der Waals surface area contributed by atoms with Gasteiger partial charge in [-0.1, -0.05) is 25.2 Å². The molecule has 3 heterocycles. The Balaban J connectivity index is 1.93. The van der Waals surface area contributed by atoms with Crippen molar-refractivity contribution in [2.24, 2.45) is 0 Å². The average Bonchev–Trinajstić information content (AvgIpc) is 3.34. The molecular formula is C21H21ClF2N4O. The molecule has 0 amide bonds. The number of alkyl halides is 2. The highest BCUT2D eigenvalue weighted by Gasteiger charge is 2.31. The predicted octanol–water partition coefficient (Wildman–Crippen LogP) is 6.10. The van der Waals surface area contributed by atoms with Crippen LogP contribution in [0.25, 0.3) is 11.0 Å². The zero-order valence-electron chi connectivity index (χ0n) is 16.0. The monoisotopic (exact) mass is 418 g/mol. The number of fused-ring (bicyclic) bond motifs is 1. The Kier molecular flexibility index (Phi) is 5.72. The van der Waals surface area contributed by atoms with Crippen LogP contribution in [-0.4, -0.2) is 14.5 Å². The fraction of sp³-hybridized carbons (Fsp3) is 0.429. The van der Waals surface area contributed by atoms with Gasteiger partial charge in [-0.3, -0.25) is 4.57 Å². The summed E-state index contributed by atoms with van der Waals surface area (Å²) >= 11 is 6.15. The summed E-state index contributed by atoms with van der Waals surface area (Å²) in [6.07, 6.45) is 6.43. The number of rotatable bonds is 5. The van der Waals surface area contributed by atoms with Crippen LogP contribution >= 0.6 is 11.6 Å². The molecule has 8 heteroatoms. The van der Waals surface area contributed by atoms with Crippen molar-refractivity contribution >= 4 is 28.5 Å². The Bertz CT molecular complexity index is 1060. The van der Waals surface area contributed by atoms with Gasteiger partial charge in [0.1, 0.15) is 16.8 Å². The van der Waals surface area contributed by atoms with Crippen LogP contribution in [0.1, 0.15) is 68.5 Å². The molecule has 0 aromatic carbocycles. The molecule has 0 saturated heterocycles. The van der Waals surface area contributed by atoms with E-state index in [0.29, 0.717) is 22.5 Å². The van der Waals surface area contributed by atoms with Crippen LogP contribution in [0.5, 0.6) is 0 Å². The maximum absolute atomic E-state index is 14.3. The number of furan rings is 1. The normalized spacial score (nSPS) is 14.9. The first kappa shape index (κ1) is 19.7. The van der Waals surface area contributed by atoms with E-state index >= 15 is 0 Å². The second kappa shape index (κ2) is 8.42. The van der Waals surface area contributed by atoms with Crippen LogP contribution in [0.4, 0.5) is 14.6 Å². The lowest BCUT2D eigenvalue weighted by Crippen LogP contribution is -2.14. The van der Waals surface area contributed by atoms with Crippen molar-refractivity contribution in [3.05, 3.63) is 40.7 Å². The van der Waals surface area contributed by atoms with Crippen molar-refractivity contribution in [2.75, 3.05) is 5.32 Å². The van der Waals surface area contributed by atoms with Gasteiger partial charge in [-0.15, -0.1) is 5.92 Å². The summed E-state index contributed by atoms with van der Waals surface area (Å²) in [5.74, 6) is 6.79. The van der Waals surface area contributed by atoms with Crippen LogP contribution in [0, 0.1) is 11.8 Å². The van der Waals surface area contributed by atoms with Crippen molar-refractivity contribution in [3.8, 4) is 11.8 Å². The van der Waals surface area contributed by atoms with Gasteiger partial charge in [0.05, 0.1) is 18.4 Å². The third-order valence-electron chi connectivity index (χ3n) is 5.30.